The van der Waals surface area contributed by atoms with Crippen molar-refractivity contribution in [2.24, 2.45) is 11.7 Å². The third kappa shape index (κ3) is 4.47. The van der Waals surface area contributed by atoms with Crippen molar-refractivity contribution < 1.29 is 14.3 Å². The first kappa shape index (κ1) is 18.3. The summed E-state index contributed by atoms with van der Waals surface area (Å²) < 4.78 is 5.38. The summed E-state index contributed by atoms with van der Waals surface area (Å²) in [5, 5.41) is 0. The van der Waals surface area contributed by atoms with E-state index in [2.05, 4.69) is 0 Å². The van der Waals surface area contributed by atoms with Crippen molar-refractivity contribution in [2.75, 3.05) is 19.6 Å². The van der Waals surface area contributed by atoms with Gasteiger partial charge in [0.05, 0.1) is 6.04 Å². The minimum Gasteiger partial charge on any atom is -0.445 e. The van der Waals surface area contributed by atoms with Crippen molar-refractivity contribution in [3.05, 3.63) is 35.9 Å². The highest BCUT2D eigenvalue weighted by molar-refractivity contribution is 5.82. The normalized spacial score (nSPS) is 19.3. The number of amides is 2. The van der Waals surface area contributed by atoms with Gasteiger partial charge in [-0.1, -0.05) is 44.2 Å². The number of nitrogens with zero attached hydrogens (tertiary/aromatic N) is 2. The number of nitrogens with two attached hydrogens (primary N) is 1. The predicted molar refractivity (Wildman–Crippen MR) is 92.2 cm³/mol. The largest absolute Gasteiger partial charge is 0.445 e. The van der Waals surface area contributed by atoms with Crippen LogP contribution in [0.25, 0.3) is 0 Å². The van der Waals surface area contributed by atoms with E-state index >= 15 is 0 Å². The molecule has 1 aromatic carbocycles. The number of benzene rings is 1. The molecule has 2 N–H and O–H groups in total. The Labute approximate surface area is 143 Å². The molecule has 132 valence electrons. The summed E-state index contributed by atoms with van der Waals surface area (Å²) in [6.07, 6.45) is -0.341. The number of carbonyl (C=O) groups is 2. The topological polar surface area (TPSA) is 75.9 Å². The van der Waals surface area contributed by atoms with Gasteiger partial charge in [-0.3, -0.25) is 4.79 Å². The van der Waals surface area contributed by atoms with Crippen LogP contribution >= 0.6 is 0 Å². The molecule has 24 heavy (non-hydrogen) atoms. The Morgan fingerprint density at radius 3 is 2.50 bits per heavy atom. The Balaban J connectivity index is 1.86. The molecule has 0 spiro atoms. The van der Waals surface area contributed by atoms with Gasteiger partial charge < -0.3 is 20.3 Å². The van der Waals surface area contributed by atoms with E-state index in [1.807, 2.05) is 51.1 Å². The maximum Gasteiger partial charge on any atom is 0.410 e. The van der Waals surface area contributed by atoms with Crippen molar-refractivity contribution in [3.63, 3.8) is 0 Å². The molecule has 0 saturated carbocycles. The second-order valence-corrected chi connectivity index (χ2v) is 6.64. The Hall–Kier alpha value is -2.08. The third-order valence-corrected chi connectivity index (χ3v) is 4.38. The van der Waals surface area contributed by atoms with E-state index in [1.165, 1.54) is 0 Å². The summed E-state index contributed by atoms with van der Waals surface area (Å²) in [7, 11) is 0. The smallest absolute Gasteiger partial charge is 0.410 e. The molecule has 1 aliphatic heterocycles. The molecule has 0 radical (unpaired) electrons. The molecule has 1 aromatic rings. The van der Waals surface area contributed by atoms with Gasteiger partial charge in [0.25, 0.3) is 0 Å². The highest BCUT2D eigenvalue weighted by atomic mass is 16.6. The summed E-state index contributed by atoms with van der Waals surface area (Å²) in [4.78, 5) is 28.0. The Bertz CT molecular complexity index is 562. The average Bonchev–Trinajstić information content (AvgIpc) is 2.59. The minimum atomic E-state index is -0.492. The molecule has 2 atom stereocenters. The fraction of sp³-hybridized carbons (Fsp3) is 0.556. The first-order chi connectivity index (χ1) is 11.4. The molecular formula is C18H27N3O3. The molecule has 6 nitrogen and oxygen atoms in total. The Kier molecular flexibility index (Phi) is 6.20. The molecule has 1 saturated heterocycles. The van der Waals surface area contributed by atoms with Crippen molar-refractivity contribution in [3.8, 4) is 0 Å². The van der Waals surface area contributed by atoms with E-state index in [-0.39, 0.29) is 30.6 Å². The molecule has 0 unspecified atom stereocenters. The van der Waals surface area contributed by atoms with Crippen molar-refractivity contribution in [1.82, 2.24) is 9.80 Å². The van der Waals surface area contributed by atoms with Gasteiger partial charge in [0.2, 0.25) is 5.91 Å². The van der Waals surface area contributed by atoms with Crippen LogP contribution in [0, 0.1) is 5.92 Å². The molecular weight excluding hydrogens is 306 g/mol. The number of rotatable bonds is 4. The summed E-state index contributed by atoms with van der Waals surface area (Å²) in [5.41, 5.74) is 6.90. The van der Waals surface area contributed by atoms with Gasteiger partial charge >= 0.3 is 6.09 Å². The highest BCUT2D eigenvalue weighted by Gasteiger charge is 2.33. The Morgan fingerprint density at radius 1 is 1.25 bits per heavy atom. The summed E-state index contributed by atoms with van der Waals surface area (Å²) in [5.74, 6) is 0.0517. The van der Waals surface area contributed by atoms with E-state index in [9.17, 15) is 9.59 Å². The zero-order valence-corrected chi connectivity index (χ0v) is 14.6. The van der Waals surface area contributed by atoms with Crippen LogP contribution in [0.2, 0.25) is 0 Å². The standard InChI is InChI=1S/C18H27N3O3/c1-13(2)16(19)17(22)20-9-10-21(14(3)11-20)18(23)24-12-15-7-5-4-6-8-15/h4-8,13-14,16H,9-12,19H2,1-3H3/t14-,16+/m1/s1. The number of hydrogen-bond acceptors (Lipinski definition) is 4. The minimum absolute atomic E-state index is 0.0471. The Morgan fingerprint density at radius 2 is 1.92 bits per heavy atom. The quantitative estimate of drug-likeness (QED) is 0.912. The molecule has 2 rings (SSSR count). The number of ether oxygens (including phenoxy) is 1. The number of hydrogen-bond donors (Lipinski definition) is 1. The van der Waals surface area contributed by atoms with E-state index in [1.54, 1.807) is 9.80 Å². The lowest BCUT2D eigenvalue weighted by molar-refractivity contribution is -0.136. The first-order valence-electron chi connectivity index (χ1n) is 8.42. The van der Waals surface area contributed by atoms with Crippen LogP contribution in [0.3, 0.4) is 0 Å². The second-order valence-electron chi connectivity index (χ2n) is 6.64. The summed E-state index contributed by atoms with van der Waals surface area (Å²) in [6, 6.07) is 8.99. The zero-order valence-electron chi connectivity index (χ0n) is 14.6. The van der Waals surface area contributed by atoms with Gasteiger partial charge in [-0.05, 0) is 18.4 Å². The molecule has 2 amide bonds. The van der Waals surface area contributed by atoms with Crippen LogP contribution in [0.1, 0.15) is 26.3 Å². The van der Waals surface area contributed by atoms with Gasteiger partial charge in [-0.25, -0.2) is 4.79 Å². The van der Waals surface area contributed by atoms with Gasteiger partial charge in [0.1, 0.15) is 6.61 Å². The van der Waals surface area contributed by atoms with Crippen LogP contribution < -0.4 is 5.73 Å². The average molecular weight is 333 g/mol. The fourth-order valence-corrected chi connectivity index (χ4v) is 2.73. The van der Waals surface area contributed by atoms with Gasteiger partial charge in [0.15, 0.2) is 0 Å². The molecule has 1 fully saturated rings. The van der Waals surface area contributed by atoms with Crippen LogP contribution in [0.5, 0.6) is 0 Å². The molecule has 0 bridgehead atoms. The lowest BCUT2D eigenvalue weighted by atomic mass is 10.0. The van der Waals surface area contributed by atoms with Gasteiger partial charge in [-0.15, -0.1) is 0 Å². The monoisotopic (exact) mass is 333 g/mol. The van der Waals surface area contributed by atoms with Crippen LogP contribution in [0.15, 0.2) is 30.3 Å². The summed E-state index contributed by atoms with van der Waals surface area (Å²) >= 11 is 0. The first-order valence-corrected chi connectivity index (χ1v) is 8.42. The molecule has 0 aromatic heterocycles. The summed E-state index contributed by atoms with van der Waals surface area (Å²) in [6.45, 7) is 7.48. The lowest BCUT2D eigenvalue weighted by Gasteiger charge is -2.40. The van der Waals surface area contributed by atoms with Crippen LogP contribution in [-0.4, -0.2) is 53.5 Å². The SMILES string of the molecule is CC(C)[C@H](N)C(=O)N1CCN(C(=O)OCc2ccccc2)[C@H](C)C1. The zero-order chi connectivity index (χ0) is 17.7. The van der Waals surface area contributed by atoms with E-state index < -0.39 is 6.04 Å². The van der Waals surface area contributed by atoms with Crippen LogP contribution in [-0.2, 0) is 16.1 Å². The molecule has 6 heteroatoms. The molecule has 1 heterocycles. The van der Waals surface area contributed by atoms with Gasteiger partial charge in [0, 0.05) is 25.7 Å². The van der Waals surface area contributed by atoms with Crippen molar-refractivity contribution >= 4 is 12.0 Å². The maximum atomic E-state index is 12.3. The van der Waals surface area contributed by atoms with E-state index in [0.717, 1.165) is 5.56 Å². The highest BCUT2D eigenvalue weighted by Crippen LogP contribution is 2.14. The third-order valence-electron chi connectivity index (χ3n) is 4.38. The fourth-order valence-electron chi connectivity index (χ4n) is 2.73. The van der Waals surface area contributed by atoms with Crippen molar-refractivity contribution in [2.45, 2.75) is 39.5 Å². The predicted octanol–water partition coefficient (Wildman–Crippen LogP) is 1.84. The maximum absolute atomic E-state index is 12.3. The van der Waals surface area contributed by atoms with Gasteiger partial charge in [-0.2, -0.15) is 0 Å². The van der Waals surface area contributed by atoms with E-state index in [0.29, 0.717) is 19.6 Å². The van der Waals surface area contributed by atoms with Crippen LogP contribution in [0.4, 0.5) is 4.79 Å². The molecule has 0 aliphatic carbocycles. The van der Waals surface area contributed by atoms with E-state index in [4.69, 9.17) is 10.5 Å². The molecule has 1 aliphatic rings. The number of piperazine rings is 1. The lowest BCUT2D eigenvalue weighted by Crippen LogP contribution is -2.58. The number of carbonyl (C=O) groups excluding carboxylic acids is 2. The second kappa shape index (κ2) is 8.15. The van der Waals surface area contributed by atoms with Crippen molar-refractivity contribution in [1.29, 1.82) is 0 Å².